The standard InChI is InChI=1S/C6H8N2O/c1-2-5-9-6-7-3-4-8-6/h2-4H,1,5H2,(H,7,8). The van der Waals surface area contributed by atoms with Gasteiger partial charge in [-0.1, -0.05) is 12.7 Å². The van der Waals surface area contributed by atoms with Gasteiger partial charge in [-0.05, 0) is 0 Å². The van der Waals surface area contributed by atoms with Gasteiger partial charge in [-0.2, -0.15) is 0 Å². The number of rotatable bonds is 3. The molecule has 1 rings (SSSR count). The van der Waals surface area contributed by atoms with Gasteiger partial charge in [0.05, 0.1) is 0 Å². The average Bonchev–Trinajstić information content (AvgIpc) is 2.34. The molecule has 0 aliphatic rings. The minimum Gasteiger partial charge on any atom is -0.461 e. The zero-order valence-electron chi connectivity index (χ0n) is 5.00. The monoisotopic (exact) mass is 124 g/mol. The minimum absolute atomic E-state index is 0.494. The van der Waals surface area contributed by atoms with E-state index < -0.39 is 0 Å². The Morgan fingerprint density at radius 2 is 2.78 bits per heavy atom. The first-order valence-electron chi connectivity index (χ1n) is 2.66. The molecule has 0 saturated carbocycles. The summed E-state index contributed by atoms with van der Waals surface area (Å²) in [5, 5.41) is 0. The molecule has 0 bridgehead atoms. The third-order valence-electron chi connectivity index (χ3n) is 0.811. The van der Waals surface area contributed by atoms with Crippen molar-refractivity contribution in [1.29, 1.82) is 0 Å². The Bertz CT molecular complexity index is 169. The van der Waals surface area contributed by atoms with Crippen molar-refractivity contribution in [1.82, 2.24) is 9.97 Å². The molecule has 0 unspecified atom stereocenters. The van der Waals surface area contributed by atoms with Gasteiger partial charge in [0.2, 0.25) is 0 Å². The Morgan fingerprint density at radius 1 is 1.89 bits per heavy atom. The number of aromatic amines is 1. The lowest BCUT2D eigenvalue weighted by Gasteiger charge is -1.93. The van der Waals surface area contributed by atoms with Crippen molar-refractivity contribution < 1.29 is 4.74 Å². The summed E-state index contributed by atoms with van der Waals surface area (Å²) in [7, 11) is 0. The number of hydrogen-bond acceptors (Lipinski definition) is 2. The van der Waals surface area contributed by atoms with Crippen molar-refractivity contribution in [2.24, 2.45) is 0 Å². The quantitative estimate of drug-likeness (QED) is 0.610. The molecular formula is C6H8N2O. The Morgan fingerprint density at radius 3 is 3.33 bits per heavy atom. The molecule has 0 fully saturated rings. The number of nitrogens with one attached hydrogen (secondary N) is 1. The van der Waals surface area contributed by atoms with E-state index in [4.69, 9.17) is 4.74 Å². The van der Waals surface area contributed by atoms with Crippen molar-refractivity contribution >= 4 is 0 Å². The molecule has 1 aromatic heterocycles. The van der Waals surface area contributed by atoms with Crippen LogP contribution in [0.4, 0.5) is 0 Å². The maximum absolute atomic E-state index is 5.01. The molecule has 48 valence electrons. The highest BCUT2D eigenvalue weighted by molar-refractivity contribution is 4.93. The molecule has 9 heavy (non-hydrogen) atoms. The molecule has 1 heterocycles. The SMILES string of the molecule is C=CCOc1ncc[nH]1. The first kappa shape index (κ1) is 5.88. The fourth-order valence-electron chi connectivity index (χ4n) is 0.468. The Labute approximate surface area is 53.4 Å². The van der Waals surface area contributed by atoms with Crippen LogP contribution in [0.5, 0.6) is 6.01 Å². The number of imidazole rings is 1. The number of ether oxygens (including phenoxy) is 1. The fraction of sp³-hybridized carbons (Fsp3) is 0.167. The molecule has 0 aromatic carbocycles. The van der Waals surface area contributed by atoms with Gasteiger partial charge in [-0.25, -0.2) is 4.98 Å². The van der Waals surface area contributed by atoms with Gasteiger partial charge in [0, 0.05) is 12.4 Å². The van der Waals surface area contributed by atoms with Crippen LogP contribution in [0.15, 0.2) is 25.0 Å². The Hall–Kier alpha value is -1.25. The zero-order chi connectivity index (χ0) is 6.53. The highest BCUT2D eigenvalue weighted by atomic mass is 16.5. The van der Waals surface area contributed by atoms with E-state index in [9.17, 15) is 0 Å². The first-order chi connectivity index (χ1) is 4.43. The van der Waals surface area contributed by atoms with Crippen molar-refractivity contribution in [2.75, 3.05) is 6.61 Å². The summed E-state index contributed by atoms with van der Waals surface area (Å²) >= 11 is 0. The lowest BCUT2D eigenvalue weighted by Crippen LogP contribution is -1.93. The van der Waals surface area contributed by atoms with Gasteiger partial charge in [-0.15, -0.1) is 0 Å². The lowest BCUT2D eigenvalue weighted by molar-refractivity contribution is 0.337. The number of nitrogens with zero attached hydrogens (tertiary/aromatic N) is 1. The summed E-state index contributed by atoms with van der Waals surface area (Å²) < 4.78 is 5.01. The molecule has 0 spiro atoms. The van der Waals surface area contributed by atoms with Crippen LogP contribution in [-0.4, -0.2) is 16.6 Å². The van der Waals surface area contributed by atoms with E-state index in [1.54, 1.807) is 18.5 Å². The van der Waals surface area contributed by atoms with E-state index in [-0.39, 0.29) is 0 Å². The first-order valence-corrected chi connectivity index (χ1v) is 2.66. The summed E-state index contributed by atoms with van der Waals surface area (Å²) in [6, 6.07) is 0.537. The smallest absolute Gasteiger partial charge is 0.293 e. The second kappa shape index (κ2) is 2.91. The average molecular weight is 124 g/mol. The molecule has 1 N–H and O–H groups in total. The summed E-state index contributed by atoms with van der Waals surface area (Å²) in [6.07, 6.45) is 5.01. The molecule has 0 amide bonds. The van der Waals surface area contributed by atoms with Crippen LogP contribution in [0.2, 0.25) is 0 Å². The Balaban J connectivity index is 2.38. The summed E-state index contributed by atoms with van der Waals surface area (Å²) in [5.74, 6) is 0. The van der Waals surface area contributed by atoms with Gasteiger partial charge in [0.1, 0.15) is 6.61 Å². The van der Waals surface area contributed by atoms with E-state index >= 15 is 0 Å². The van der Waals surface area contributed by atoms with E-state index in [0.29, 0.717) is 12.6 Å². The van der Waals surface area contributed by atoms with Crippen LogP contribution in [0.1, 0.15) is 0 Å². The van der Waals surface area contributed by atoms with E-state index in [1.165, 1.54) is 0 Å². The predicted molar refractivity (Wildman–Crippen MR) is 34.3 cm³/mol. The maximum atomic E-state index is 5.01. The largest absolute Gasteiger partial charge is 0.461 e. The van der Waals surface area contributed by atoms with Crippen LogP contribution in [0.3, 0.4) is 0 Å². The van der Waals surface area contributed by atoms with Gasteiger partial charge in [0.25, 0.3) is 6.01 Å². The summed E-state index contributed by atoms with van der Waals surface area (Å²) in [6.45, 7) is 3.99. The van der Waals surface area contributed by atoms with Crippen LogP contribution in [-0.2, 0) is 0 Å². The van der Waals surface area contributed by atoms with Crippen molar-refractivity contribution in [3.8, 4) is 6.01 Å². The van der Waals surface area contributed by atoms with Gasteiger partial charge < -0.3 is 9.72 Å². The fourth-order valence-corrected chi connectivity index (χ4v) is 0.468. The zero-order valence-corrected chi connectivity index (χ0v) is 5.00. The van der Waals surface area contributed by atoms with Crippen LogP contribution in [0, 0.1) is 0 Å². The number of hydrogen-bond donors (Lipinski definition) is 1. The topological polar surface area (TPSA) is 37.9 Å². The van der Waals surface area contributed by atoms with Crippen molar-refractivity contribution in [3.05, 3.63) is 25.0 Å². The molecule has 0 saturated heterocycles. The third-order valence-corrected chi connectivity index (χ3v) is 0.811. The minimum atomic E-state index is 0.494. The predicted octanol–water partition coefficient (Wildman–Crippen LogP) is 0.974. The normalized spacial score (nSPS) is 8.89. The van der Waals surface area contributed by atoms with E-state index in [0.717, 1.165) is 0 Å². The van der Waals surface area contributed by atoms with E-state index in [2.05, 4.69) is 16.5 Å². The van der Waals surface area contributed by atoms with Gasteiger partial charge >= 0.3 is 0 Å². The molecule has 0 aliphatic carbocycles. The molecular weight excluding hydrogens is 116 g/mol. The molecule has 0 atom stereocenters. The van der Waals surface area contributed by atoms with Crippen molar-refractivity contribution in [2.45, 2.75) is 0 Å². The van der Waals surface area contributed by atoms with Crippen LogP contribution in [0.25, 0.3) is 0 Å². The second-order valence-electron chi connectivity index (χ2n) is 1.49. The summed E-state index contributed by atoms with van der Waals surface area (Å²) in [4.78, 5) is 6.62. The molecule has 1 aromatic rings. The highest BCUT2D eigenvalue weighted by Crippen LogP contribution is 1.96. The van der Waals surface area contributed by atoms with Crippen LogP contribution >= 0.6 is 0 Å². The molecule has 3 heteroatoms. The number of H-pyrrole nitrogens is 1. The Kier molecular flexibility index (Phi) is 1.90. The van der Waals surface area contributed by atoms with Crippen molar-refractivity contribution in [3.63, 3.8) is 0 Å². The molecule has 3 nitrogen and oxygen atoms in total. The van der Waals surface area contributed by atoms with Gasteiger partial charge in [0.15, 0.2) is 0 Å². The second-order valence-corrected chi connectivity index (χ2v) is 1.49. The van der Waals surface area contributed by atoms with E-state index in [1.807, 2.05) is 0 Å². The van der Waals surface area contributed by atoms with Gasteiger partial charge in [-0.3, -0.25) is 0 Å². The molecule has 0 radical (unpaired) electrons. The number of aromatic nitrogens is 2. The summed E-state index contributed by atoms with van der Waals surface area (Å²) in [5.41, 5.74) is 0. The maximum Gasteiger partial charge on any atom is 0.293 e. The van der Waals surface area contributed by atoms with Crippen LogP contribution < -0.4 is 4.74 Å². The third kappa shape index (κ3) is 1.60. The molecule has 0 aliphatic heterocycles. The highest BCUT2D eigenvalue weighted by Gasteiger charge is 1.88. The lowest BCUT2D eigenvalue weighted by atomic mass is 10.7.